The fourth-order valence-corrected chi connectivity index (χ4v) is 1.93. The van der Waals surface area contributed by atoms with Gasteiger partial charge in [0.25, 0.3) is 0 Å². The van der Waals surface area contributed by atoms with E-state index in [4.69, 9.17) is 5.11 Å². The standard InChI is InChI=1S/C12H14N2O3/c15-6-5-13-11(16)7-9-8-3-1-2-4-10(8)14-12(9)17/h1-4,9,15H,5-7H2,(H,13,16)(H,14,17). The first-order chi connectivity index (χ1) is 8.22. The van der Waals surface area contributed by atoms with Crippen molar-refractivity contribution >= 4 is 17.5 Å². The molecule has 0 bridgehead atoms. The Kier molecular flexibility index (Phi) is 3.39. The maximum absolute atomic E-state index is 11.7. The number of hydrogen-bond donors (Lipinski definition) is 3. The number of carbonyl (C=O) groups excluding carboxylic acids is 2. The molecule has 5 nitrogen and oxygen atoms in total. The van der Waals surface area contributed by atoms with Gasteiger partial charge in [0.2, 0.25) is 11.8 Å². The Hall–Kier alpha value is -1.88. The summed E-state index contributed by atoms with van der Waals surface area (Å²) in [6.07, 6.45) is 0.114. The number of hydrogen-bond acceptors (Lipinski definition) is 3. The topological polar surface area (TPSA) is 78.4 Å². The number of fused-ring (bicyclic) bond motifs is 1. The molecular weight excluding hydrogens is 220 g/mol. The van der Waals surface area contributed by atoms with Crippen molar-refractivity contribution < 1.29 is 14.7 Å². The maximum Gasteiger partial charge on any atom is 0.232 e. The Labute approximate surface area is 98.8 Å². The zero-order valence-electron chi connectivity index (χ0n) is 9.27. The molecule has 90 valence electrons. The highest BCUT2D eigenvalue weighted by atomic mass is 16.3. The number of benzene rings is 1. The lowest BCUT2D eigenvalue weighted by atomic mass is 9.97. The van der Waals surface area contributed by atoms with Gasteiger partial charge >= 0.3 is 0 Å². The van der Waals surface area contributed by atoms with Crippen molar-refractivity contribution in [3.8, 4) is 0 Å². The van der Waals surface area contributed by atoms with Gasteiger partial charge in [-0.15, -0.1) is 0 Å². The van der Waals surface area contributed by atoms with Crippen LogP contribution in [0.15, 0.2) is 24.3 Å². The molecule has 0 radical (unpaired) electrons. The molecule has 1 aromatic rings. The van der Waals surface area contributed by atoms with Crippen molar-refractivity contribution in [2.45, 2.75) is 12.3 Å². The second-order valence-electron chi connectivity index (χ2n) is 3.91. The SMILES string of the molecule is O=C(CC1C(=O)Nc2ccccc21)NCCO. The van der Waals surface area contributed by atoms with E-state index in [1.807, 2.05) is 24.3 Å². The molecule has 1 aliphatic rings. The molecule has 3 N–H and O–H groups in total. The molecule has 0 saturated heterocycles. The third kappa shape index (κ3) is 2.45. The normalized spacial score (nSPS) is 17.5. The van der Waals surface area contributed by atoms with Crippen LogP contribution in [-0.4, -0.2) is 30.1 Å². The first-order valence-corrected chi connectivity index (χ1v) is 5.49. The Morgan fingerprint density at radius 2 is 2.18 bits per heavy atom. The van der Waals surface area contributed by atoms with Crippen molar-refractivity contribution in [3.63, 3.8) is 0 Å². The van der Waals surface area contributed by atoms with Crippen LogP contribution in [0.3, 0.4) is 0 Å². The van der Waals surface area contributed by atoms with Crippen molar-refractivity contribution in [3.05, 3.63) is 29.8 Å². The van der Waals surface area contributed by atoms with Crippen LogP contribution >= 0.6 is 0 Å². The minimum Gasteiger partial charge on any atom is -0.395 e. The Morgan fingerprint density at radius 1 is 1.41 bits per heavy atom. The van der Waals surface area contributed by atoms with E-state index in [9.17, 15) is 9.59 Å². The second kappa shape index (κ2) is 4.97. The molecule has 2 rings (SSSR count). The van der Waals surface area contributed by atoms with Gasteiger partial charge in [-0.05, 0) is 11.6 Å². The number of para-hydroxylation sites is 1. The molecule has 1 atom stereocenters. The summed E-state index contributed by atoms with van der Waals surface area (Å²) in [5, 5.41) is 13.9. The number of amides is 2. The summed E-state index contributed by atoms with van der Waals surface area (Å²) >= 11 is 0. The summed E-state index contributed by atoms with van der Waals surface area (Å²) in [5.74, 6) is -0.800. The third-order valence-electron chi connectivity index (χ3n) is 2.73. The van der Waals surface area contributed by atoms with E-state index in [1.165, 1.54) is 0 Å². The molecule has 0 spiro atoms. The fraction of sp³-hybridized carbons (Fsp3) is 0.333. The average Bonchev–Trinajstić information content (AvgIpc) is 2.64. The van der Waals surface area contributed by atoms with E-state index in [-0.39, 0.29) is 31.4 Å². The Morgan fingerprint density at radius 3 is 2.94 bits per heavy atom. The molecule has 0 fully saturated rings. The minimum atomic E-state index is -0.426. The highest BCUT2D eigenvalue weighted by Gasteiger charge is 2.31. The number of aliphatic hydroxyl groups excluding tert-OH is 1. The number of anilines is 1. The molecule has 1 heterocycles. The van der Waals surface area contributed by atoms with Crippen LogP contribution in [-0.2, 0) is 9.59 Å². The van der Waals surface area contributed by atoms with Crippen molar-refractivity contribution in [2.75, 3.05) is 18.5 Å². The molecule has 1 aliphatic heterocycles. The lowest BCUT2D eigenvalue weighted by molar-refractivity contribution is -0.125. The summed E-state index contributed by atoms with van der Waals surface area (Å²) in [4.78, 5) is 23.2. The van der Waals surface area contributed by atoms with Gasteiger partial charge in [0.1, 0.15) is 0 Å². The van der Waals surface area contributed by atoms with Gasteiger partial charge in [-0.2, -0.15) is 0 Å². The predicted molar refractivity (Wildman–Crippen MR) is 62.5 cm³/mol. The van der Waals surface area contributed by atoms with Gasteiger partial charge in [-0.25, -0.2) is 0 Å². The van der Waals surface area contributed by atoms with Gasteiger partial charge in [0, 0.05) is 18.7 Å². The quantitative estimate of drug-likeness (QED) is 0.697. The van der Waals surface area contributed by atoms with Crippen LogP contribution in [0.2, 0.25) is 0 Å². The van der Waals surface area contributed by atoms with E-state index in [1.54, 1.807) is 0 Å². The van der Waals surface area contributed by atoms with Crippen molar-refractivity contribution in [1.29, 1.82) is 0 Å². The summed E-state index contributed by atoms with van der Waals surface area (Å²) in [5.41, 5.74) is 1.63. The van der Waals surface area contributed by atoms with Crippen LogP contribution in [0.4, 0.5) is 5.69 Å². The van der Waals surface area contributed by atoms with Gasteiger partial charge in [-0.1, -0.05) is 18.2 Å². The molecule has 1 unspecified atom stereocenters. The van der Waals surface area contributed by atoms with E-state index in [0.29, 0.717) is 0 Å². The van der Waals surface area contributed by atoms with Crippen LogP contribution in [0.25, 0.3) is 0 Å². The molecule has 17 heavy (non-hydrogen) atoms. The van der Waals surface area contributed by atoms with E-state index >= 15 is 0 Å². The first-order valence-electron chi connectivity index (χ1n) is 5.49. The van der Waals surface area contributed by atoms with Crippen molar-refractivity contribution in [2.24, 2.45) is 0 Å². The number of nitrogens with one attached hydrogen (secondary N) is 2. The summed E-state index contributed by atoms with van der Waals surface area (Å²) in [6.45, 7) is 0.119. The number of aliphatic hydroxyl groups is 1. The zero-order valence-corrected chi connectivity index (χ0v) is 9.27. The average molecular weight is 234 g/mol. The molecular formula is C12H14N2O3. The van der Waals surface area contributed by atoms with E-state index in [2.05, 4.69) is 10.6 Å². The minimum absolute atomic E-state index is 0.0980. The molecule has 2 amide bonds. The highest BCUT2D eigenvalue weighted by molar-refractivity contribution is 6.04. The monoisotopic (exact) mass is 234 g/mol. The lowest BCUT2D eigenvalue weighted by Crippen LogP contribution is -2.29. The highest BCUT2D eigenvalue weighted by Crippen LogP contribution is 2.34. The summed E-state index contributed by atoms with van der Waals surface area (Å²) in [6, 6.07) is 7.35. The van der Waals surface area contributed by atoms with Gasteiger partial charge in [-0.3, -0.25) is 9.59 Å². The van der Waals surface area contributed by atoms with E-state index < -0.39 is 5.92 Å². The Bertz CT molecular complexity index is 445. The summed E-state index contributed by atoms with van der Waals surface area (Å²) < 4.78 is 0. The third-order valence-corrected chi connectivity index (χ3v) is 2.73. The molecule has 0 aliphatic carbocycles. The first kappa shape index (κ1) is 11.6. The van der Waals surface area contributed by atoms with Crippen molar-refractivity contribution in [1.82, 2.24) is 5.32 Å². The zero-order chi connectivity index (χ0) is 12.3. The molecule has 1 aromatic carbocycles. The predicted octanol–water partition coefficient (Wildman–Crippen LogP) is 0.221. The molecule has 5 heteroatoms. The summed E-state index contributed by atoms with van der Waals surface area (Å²) in [7, 11) is 0. The van der Waals surface area contributed by atoms with Crippen LogP contribution in [0.1, 0.15) is 17.9 Å². The van der Waals surface area contributed by atoms with Gasteiger partial charge in [0.05, 0.1) is 12.5 Å². The van der Waals surface area contributed by atoms with Crippen LogP contribution < -0.4 is 10.6 Å². The second-order valence-corrected chi connectivity index (χ2v) is 3.91. The smallest absolute Gasteiger partial charge is 0.232 e. The van der Waals surface area contributed by atoms with Crippen LogP contribution in [0.5, 0.6) is 0 Å². The van der Waals surface area contributed by atoms with Gasteiger partial charge in [0.15, 0.2) is 0 Å². The largest absolute Gasteiger partial charge is 0.395 e. The molecule has 0 saturated carbocycles. The maximum atomic E-state index is 11.7. The Balaban J connectivity index is 2.06. The lowest BCUT2D eigenvalue weighted by Gasteiger charge is -2.08. The number of carbonyl (C=O) groups is 2. The van der Waals surface area contributed by atoms with E-state index in [0.717, 1.165) is 11.3 Å². The fourth-order valence-electron chi connectivity index (χ4n) is 1.93. The van der Waals surface area contributed by atoms with Crippen LogP contribution in [0, 0.1) is 0 Å². The molecule has 0 aromatic heterocycles. The number of rotatable bonds is 4. The van der Waals surface area contributed by atoms with Gasteiger partial charge < -0.3 is 15.7 Å².